The molecule has 2 rings (SSSR count). The Morgan fingerprint density at radius 3 is 2.00 bits per heavy atom. The van der Waals surface area contributed by atoms with E-state index in [2.05, 4.69) is 0 Å². The molecule has 94 valence electrons. The summed E-state index contributed by atoms with van der Waals surface area (Å²) < 4.78 is 14.8. The van der Waals surface area contributed by atoms with Crippen molar-refractivity contribution < 1.29 is 4.39 Å². The van der Waals surface area contributed by atoms with Gasteiger partial charge in [0.05, 0.1) is 0 Å². The molecule has 0 spiro atoms. The van der Waals surface area contributed by atoms with Gasteiger partial charge >= 0.3 is 0 Å². The first kappa shape index (κ1) is 12.8. The highest BCUT2D eigenvalue weighted by Gasteiger charge is 2.29. The summed E-state index contributed by atoms with van der Waals surface area (Å²) in [5, 5.41) is 0. The van der Waals surface area contributed by atoms with Gasteiger partial charge in [-0.1, -0.05) is 60.7 Å². The molecule has 1 nitrogen and oxygen atoms in total. The second-order valence-electron chi connectivity index (χ2n) is 4.52. The summed E-state index contributed by atoms with van der Waals surface area (Å²) in [6.07, 6.45) is 1.11. The summed E-state index contributed by atoms with van der Waals surface area (Å²) in [7, 11) is 0. The predicted octanol–water partition coefficient (Wildman–Crippen LogP) is 3.44. The number of aryl methyl sites for hydroxylation is 1. The van der Waals surface area contributed by atoms with Gasteiger partial charge in [-0.25, -0.2) is 4.39 Å². The first-order chi connectivity index (χ1) is 8.74. The van der Waals surface area contributed by atoms with E-state index >= 15 is 0 Å². The smallest absolute Gasteiger partial charge is 0.148 e. The quantitative estimate of drug-likeness (QED) is 0.855. The van der Waals surface area contributed by atoms with Gasteiger partial charge in [-0.2, -0.15) is 0 Å². The minimum atomic E-state index is -1.43. The molecule has 0 aliphatic heterocycles. The van der Waals surface area contributed by atoms with Crippen molar-refractivity contribution in [1.82, 2.24) is 0 Å². The molecule has 0 aliphatic carbocycles. The number of benzene rings is 2. The Balaban J connectivity index is 2.10. The van der Waals surface area contributed by atoms with Crippen LogP contribution in [0.4, 0.5) is 4.39 Å². The van der Waals surface area contributed by atoms with Crippen LogP contribution in [0.25, 0.3) is 0 Å². The van der Waals surface area contributed by atoms with Crippen molar-refractivity contribution in [3.8, 4) is 0 Å². The van der Waals surface area contributed by atoms with Crippen LogP contribution in [0, 0.1) is 0 Å². The van der Waals surface area contributed by atoms with Crippen LogP contribution in [0.1, 0.15) is 17.5 Å². The van der Waals surface area contributed by atoms with Crippen molar-refractivity contribution in [1.29, 1.82) is 0 Å². The fraction of sp³-hybridized carbons (Fsp3) is 0.250. The third-order valence-corrected chi connectivity index (χ3v) is 3.27. The molecule has 0 aliphatic rings. The van der Waals surface area contributed by atoms with Crippen LogP contribution < -0.4 is 5.73 Å². The summed E-state index contributed by atoms with van der Waals surface area (Å²) >= 11 is 0. The number of alkyl halides is 1. The molecule has 0 saturated heterocycles. The summed E-state index contributed by atoms with van der Waals surface area (Å²) in [5.74, 6) is 0. The highest BCUT2D eigenvalue weighted by molar-refractivity contribution is 5.24. The minimum Gasteiger partial charge on any atom is -0.327 e. The Kier molecular flexibility index (Phi) is 4.11. The Bertz CT molecular complexity index is 469. The molecule has 0 saturated carbocycles. The van der Waals surface area contributed by atoms with E-state index < -0.39 is 5.67 Å². The maximum absolute atomic E-state index is 14.8. The van der Waals surface area contributed by atoms with Gasteiger partial charge in [0.25, 0.3) is 0 Å². The van der Waals surface area contributed by atoms with Crippen molar-refractivity contribution in [3.63, 3.8) is 0 Å². The molecule has 2 heteroatoms. The average molecular weight is 243 g/mol. The number of halogens is 1. The van der Waals surface area contributed by atoms with E-state index in [1.807, 2.05) is 48.5 Å². The van der Waals surface area contributed by atoms with Crippen molar-refractivity contribution in [2.45, 2.75) is 18.5 Å². The van der Waals surface area contributed by atoms with Crippen LogP contribution in [0.15, 0.2) is 60.7 Å². The van der Waals surface area contributed by atoms with Crippen molar-refractivity contribution in [2.24, 2.45) is 5.73 Å². The van der Waals surface area contributed by atoms with Crippen molar-refractivity contribution in [3.05, 3.63) is 71.8 Å². The summed E-state index contributed by atoms with van der Waals surface area (Å²) in [4.78, 5) is 0. The van der Waals surface area contributed by atoms with Gasteiger partial charge in [-0.05, 0) is 24.0 Å². The second-order valence-corrected chi connectivity index (χ2v) is 4.52. The maximum Gasteiger partial charge on any atom is 0.148 e. The van der Waals surface area contributed by atoms with Crippen LogP contribution in [-0.4, -0.2) is 6.54 Å². The Labute approximate surface area is 107 Å². The summed E-state index contributed by atoms with van der Waals surface area (Å²) in [6.45, 7) is 0.0177. The standard InChI is InChI=1S/C16H18FN/c17-16(13-18,15-9-5-2-6-10-15)12-11-14-7-3-1-4-8-14/h1-10H,11-13,18H2. The molecular formula is C16H18FN. The first-order valence-corrected chi connectivity index (χ1v) is 6.23. The SMILES string of the molecule is NCC(F)(CCc1ccccc1)c1ccccc1. The fourth-order valence-electron chi connectivity index (χ4n) is 2.09. The van der Waals surface area contributed by atoms with E-state index in [1.54, 1.807) is 12.1 Å². The lowest BCUT2D eigenvalue weighted by molar-refractivity contribution is 0.161. The number of hydrogen-bond acceptors (Lipinski definition) is 1. The minimum absolute atomic E-state index is 0.0177. The van der Waals surface area contributed by atoms with E-state index in [4.69, 9.17) is 5.73 Å². The molecule has 0 amide bonds. The zero-order valence-corrected chi connectivity index (χ0v) is 10.4. The normalized spacial score (nSPS) is 14.1. The maximum atomic E-state index is 14.8. The largest absolute Gasteiger partial charge is 0.327 e. The van der Waals surface area contributed by atoms with Crippen LogP contribution in [0.3, 0.4) is 0 Å². The van der Waals surface area contributed by atoms with Crippen LogP contribution in [-0.2, 0) is 12.1 Å². The van der Waals surface area contributed by atoms with Gasteiger partial charge in [0.1, 0.15) is 5.67 Å². The Morgan fingerprint density at radius 1 is 0.889 bits per heavy atom. The first-order valence-electron chi connectivity index (χ1n) is 6.23. The fourth-order valence-corrected chi connectivity index (χ4v) is 2.09. The average Bonchev–Trinajstić information content (AvgIpc) is 2.47. The molecule has 0 bridgehead atoms. The Morgan fingerprint density at radius 2 is 1.44 bits per heavy atom. The van der Waals surface area contributed by atoms with Gasteiger partial charge in [0.2, 0.25) is 0 Å². The molecular weight excluding hydrogens is 225 g/mol. The monoisotopic (exact) mass is 243 g/mol. The molecule has 0 aromatic heterocycles. The van der Waals surface area contributed by atoms with Gasteiger partial charge in [-0.3, -0.25) is 0 Å². The topological polar surface area (TPSA) is 26.0 Å². The third-order valence-electron chi connectivity index (χ3n) is 3.27. The van der Waals surface area contributed by atoms with Gasteiger partial charge in [0, 0.05) is 6.54 Å². The molecule has 1 atom stereocenters. The van der Waals surface area contributed by atoms with Gasteiger partial charge < -0.3 is 5.73 Å². The summed E-state index contributed by atoms with van der Waals surface area (Å²) in [6, 6.07) is 19.1. The highest BCUT2D eigenvalue weighted by atomic mass is 19.1. The number of nitrogens with two attached hydrogens (primary N) is 1. The predicted molar refractivity (Wildman–Crippen MR) is 73.0 cm³/mol. The number of hydrogen-bond donors (Lipinski definition) is 1. The summed E-state index contributed by atoms with van der Waals surface area (Å²) in [5.41, 5.74) is 6.01. The van der Waals surface area contributed by atoms with Crippen LogP contribution in [0.5, 0.6) is 0 Å². The molecule has 0 fully saturated rings. The van der Waals surface area contributed by atoms with E-state index in [0.29, 0.717) is 18.4 Å². The lowest BCUT2D eigenvalue weighted by atomic mass is 9.89. The van der Waals surface area contributed by atoms with Crippen molar-refractivity contribution >= 4 is 0 Å². The lowest BCUT2D eigenvalue weighted by Gasteiger charge is -2.24. The Hall–Kier alpha value is -1.67. The third kappa shape index (κ3) is 2.96. The molecule has 2 N–H and O–H groups in total. The van der Waals surface area contributed by atoms with E-state index in [1.165, 1.54) is 0 Å². The molecule has 2 aromatic rings. The lowest BCUT2D eigenvalue weighted by Crippen LogP contribution is -2.30. The number of rotatable bonds is 5. The van der Waals surface area contributed by atoms with Crippen LogP contribution >= 0.6 is 0 Å². The molecule has 1 unspecified atom stereocenters. The van der Waals surface area contributed by atoms with Crippen molar-refractivity contribution in [2.75, 3.05) is 6.54 Å². The zero-order valence-electron chi connectivity index (χ0n) is 10.4. The van der Waals surface area contributed by atoms with E-state index in [0.717, 1.165) is 5.56 Å². The van der Waals surface area contributed by atoms with E-state index in [-0.39, 0.29) is 6.54 Å². The van der Waals surface area contributed by atoms with Gasteiger partial charge in [-0.15, -0.1) is 0 Å². The highest BCUT2D eigenvalue weighted by Crippen LogP contribution is 2.30. The van der Waals surface area contributed by atoms with Crippen LogP contribution in [0.2, 0.25) is 0 Å². The second kappa shape index (κ2) is 5.78. The molecule has 2 aromatic carbocycles. The zero-order chi connectivity index (χ0) is 12.8. The molecule has 18 heavy (non-hydrogen) atoms. The van der Waals surface area contributed by atoms with E-state index in [9.17, 15) is 4.39 Å². The molecule has 0 radical (unpaired) electrons. The van der Waals surface area contributed by atoms with Gasteiger partial charge in [0.15, 0.2) is 0 Å². The molecule has 0 heterocycles.